The standard InChI is InChI=1S/C13H14ClN5O/c1-18-8-15-17-13(18)7-19-11-5-9(20-2)3-4-10(11)16-12(19)6-14/h3-5,8H,6-7H2,1-2H3. The maximum atomic E-state index is 6.00. The number of imidazole rings is 1. The number of ether oxygens (including phenoxy) is 1. The molecule has 7 heteroatoms. The van der Waals surface area contributed by atoms with Gasteiger partial charge in [-0.3, -0.25) is 0 Å². The van der Waals surface area contributed by atoms with E-state index in [0.717, 1.165) is 28.4 Å². The first-order chi connectivity index (χ1) is 9.72. The minimum Gasteiger partial charge on any atom is -0.497 e. The number of fused-ring (bicyclic) bond motifs is 1. The highest BCUT2D eigenvalue weighted by Crippen LogP contribution is 2.23. The highest BCUT2D eigenvalue weighted by atomic mass is 35.5. The van der Waals surface area contributed by atoms with Gasteiger partial charge >= 0.3 is 0 Å². The lowest BCUT2D eigenvalue weighted by Gasteiger charge is -2.07. The predicted octanol–water partition coefficient (Wildman–Crippen LogP) is 1.96. The summed E-state index contributed by atoms with van der Waals surface area (Å²) >= 11 is 6.00. The molecule has 3 rings (SSSR count). The van der Waals surface area contributed by atoms with Gasteiger partial charge in [0.25, 0.3) is 0 Å². The maximum absolute atomic E-state index is 6.00. The first-order valence-corrected chi connectivity index (χ1v) is 6.68. The molecule has 0 unspecified atom stereocenters. The summed E-state index contributed by atoms with van der Waals surface area (Å²) in [6.07, 6.45) is 1.68. The normalized spacial score (nSPS) is 11.2. The lowest BCUT2D eigenvalue weighted by Crippen LogP contribution is -2.08. The van der Waals surface area contributed by atoms with E-state index in [1.54, 1.807) is 13.4 Å². The number of aryl methyl sites for hydroxylation is 1. The number of rotatable bonds is 4. The van der Waals surface area contributed by atoms with Gasteiger partial charge in [0, 0.05) is 13.1 Å². The fourth-order valence-corrected chi connectivity index (χ4v) is 2.35. The summed E-state index contributed by atoms with van der Waals surface area (Å²) in [7, 11) is 3.56. The third-order valence-electron chi connectivity index (χ3n) is 3.26. The van der Waals surface area contributed by atoms with Crippen LogP contribution in [0.1, 0.15) is 11.6 Å². The second kappa shape index (κ2) is 5.13. The summed E-state index contributed by atoms with van der Waals surface area (Å²) in [5.74, 6) is 2.78. The van der Waals surface area contributed by atoms with Gasteiger partial charge in [-0.05, 0) is 12.1 Å². The maximum Gasteiger partial charge on any atom is 0.152 e. The molecular formula is C13H14ClN5O. The minimum absolute atomic E-state index is 0.342. The Kier molecular flexibility index (Phi) is 3.31. The molecule has 0 spiro atoms. The van der Waals surface area contributed by atoms with Crippen LogP contribution in [0.2, 0.25) is 0 Å². The molecule has 3 aromatic rings. The van der Waals surface area contributed by atoms with Gasteiger partial charge in [0.15, 0.2) is 5.82 Å². The highest BCUT2D eigenvalue weighted by molar-refractivity contribution is 6.16. The molecule has 2 aromatic heterocycles. The Hall–Kier alpha value is -2.08. The molecule has 6 nitrogen and oxygen atoms in total. The van der Waals surface area contributed by atoms with Crippen LogP contribution in [0.25, 0.3) is 11.0 Å². The molecular weight excluding hydrogens is 278 g/mol. The van der Waals surface area contributed by atoms with E-state index in [1.807, 2.05) is 34.4 Å². The molecule has 0 atom stereocenters. The van der Waals surface area contributed by atoms with Crippen molar-refractivity contribution in [2.75, 3.05) is 7.11 Å². The smallest absolute Gasteiger partial charge is 0.152 e. The number of nitrogens with zero attached hydrogens (tertiary/aromatic N) is 5. The van der Waals surface area contributed by atoms with Crippen molar-refractivity contribution < 1.29 is 4.74 Å². The second-order valence-corrected chi connectivity index (χ2v) is 4.73. The van der Waals surface area contributed by atoms with Crippen LogP contribution >= 0.6 is 11.6 Å². The topological polar surface area (TPSA) is 57.8 Å². The zero-order valence-electron chi connectivity index (χ0n) is 11.2. The summed E-state index contributed by atoms with van der Waals surface area (Å²) in [6.45, 7) is 0.572. The Morgan fingerprint density at radius 1 is 1.30 bits per heavy atom. The van der Waals surface area contributed by atoms with Crippen LogP contribution in [0.15, 0.2) is 24.5 Å². The summed E-state index contributed by atoms with van der Waals surface area (Å²) in [5.41, 5.74) is 1.87. The Labute approximate surface area is 121 Å². The van der Waals surface area contributed by atoms with Crippen molar-refractivity contribution in [3.8, 4) is 5.75 Å². The van der Waals surface area contributed by atoms with Crippen LogP contribution in [0.4, 0.5) is 0 Å². The number of aromatic nitrogens is 5. The molecule has 104 valence electrons. The van der Waals surface area contributed by atoms with Crippen LogP contribution < -0.4 is 4.74 Å². The van der Waals surface area contributed by atoms with Crippen molar-refractivity contribution in [3.05, 3.63) is 36.2 Å². The summed E-state index contributed by atoms with van der Waals surface area (Å²) in [6, 6.07) is 5.77. The average Bonchev–Trinajstić information content (AvgIpc) is 3.03. The van der Waals surface area contributed by atoms with Crippen molar-refractivity contribution in [2.24, 2.45) is 7.05 Å². The molecule has 0 N–H and O–H groups in total. The van der Waals surface area contributed by atoms with Gasteiger partial charge in [-0.1, -0.05) is 0 Å². The van der Waals surface area contributed by atoms with Gasteiger partial charge in [0.05, 0.1) is 30.6 Å². The lowest BCUT2D eigenvalue weighted by atomic mass is 10.3. The van der Waals surface area contributed by atoms with Gasteiger partial charge < -0.3 is 13.9 Å². The Balaban J connectivity index is 2.13. The Bertz CT molecular complexity index is 748. The first-order valence-electron chi connectivity index (χ1n) is 6.15. The van der Waals surface area contributed by atoms with Crippen LogP contribution in [-0.4, -0.2) is 31.4 Å². The second-order valence-electron chi connectivity index (χ2n) is 4.46. The SMILES string of the molecule is COc1ccc2nc(CCl)n(Cc3nncn3C)c2c1. The van der Waals surface area contributed by atoms with E-state index in [4.69, 9.17) is 16.3 Å². The van der Waals surface area contributed by atoms with Crippen molar-refractivity contribution >= 4 is 22.6 Å². The van der Waals surface area contributed by atoms with Crippen LogP contribution in [0, 0.1) is 0 Å². The third-order valence-corrected chi connectivity index (χ3v) is 3.50. The number of hydrogen-bond acceptors (Lipinski definition) is 4. The quantitative estimate of drug-likeness (QED) is 0.690. The number of hydrogen-bond donors (Lipinski definition) is 0. The molecule has 0 saturated heterocycles. The number of halogens is 1. The number of alkyl halides is 1. The van der Waals surface area contributed by atoms with E-state index in [9.17, 15) is 0 Å². The van der Waals surface area contributed by atoms with Crippen molar-refractivity contribution in [3.63, 3.8) is 0 Å². The van der Waals surface area contributed by atoms with Crippen LogP contribution in [0.5, 0.6) is 5.75 Å². The van der Waals surface area contributed by atoms with Gasteiger partial charge in [-0.15, -0.1) is 21.8 Å². The number of methoxy groups -OCH3 is 1. The third kappa shape index (κ3) is 2.12. The predicted molar refractivity (Wildman–Crippen MR) is 75.9 cm³/mol. The van der Waals surface area contributed by atoms with E-state index in [2.05, 4.69) is 15.2 Å². The fourth-order valence-electron chi connectivity index (χ4n) is 2.15. The largest absolute Gasteiger partial charge is 0.497 e. The van der Waals surface area contributed by atoms with Gasteiger partial charge in [0.1, 0.15) is 17.9 Å². The molecule has 0 aliphatic carbocycles. The minimum atomic E-state index is 0.342. The molecule has 0 bridgehead atoms. The molecule has 0 radical (unpaired) electrons. The fraction of sp³-hybridized carbons (Fsp3) is 0.308. The zero-order valence-corrected chi connectivity index (χ0v) is 12.0. The Morgan fingerprint density at radius 3 is 2.80 bits per heavy atom. The summed E-state index contributed by atoms with van der Waals surface area (Å²) < 4.78 is 9.19. The van der Waals surface area contributed by atoms with E-state index in [1.165, 1.54) is 0 Å². The van der Waals surface area contributed by atoms with E-state index < -0.39 is 0 Å². The zero-order chi connectivity index (χ0) is 14.1. The Morgan fingerprint density at radius 2 is 2.15 bits per heavy atom. The molecule has 0 aliphatic rings. The van der Waals surface area contributed by atoms with Crippen molar-refractivity contribution in [1.29, 1.82) is 0 Å². The summed E-state index contributed by atoms with van der Waals surface area (Å²) in [4.78, 5) is 4.53. The van der Waals surface area contributed by atoms with Crippen LogP contribution in [0.3, 0.4) is 0 Å². The molecule has 0 amide bonds. The first kappa shape index (κ1) is 12.9. The van der Waals surface area contributed by atoms with Gasteiger partial charge in [-0.25, -0.2) is 4.98 Å². The van der Waals surface area contributed by atoms with Crippen molar-refractivity contribution in [2.45, 2.75) is 12.4 Å². The molecule has 0 aliphatic heterocycles. The highest BCUT2D eigenvalue weighted by Gasteiger charge is 2.13. The molecule has 0 saturated carbocycles. The lowest BCUT2D eigenvalue weighted by molar-refractivity contribution is 0.415. The molecule has 2 heterocycles. The van der Waals surface area contributed by atoms with E-state index in [0.29, 0.717) is 12.4 Å². The number of benzene rings is 1. The van der Waals surface area contributed by atoms with Gasteiger partial charge in [0.2, 0.25) is 0 Å². The monoisotopic (exact) mass is 291 g/mol. The summed E-state index contributed by atoms with van der Waals surface area (Å²) in [5, 5.41) is 8.00. The molecule has 1 aromatic carbocycles. The molecule has 0 fully saturated rings. The average molecular weight is 292 g/mol. The van der Waals surface area contributed by atoms with E-state index in [-0.39, 0.29) is 0 Å². The van der Waals surface area contributed by atoms with Crippen molar-refractivity contribution in [1.82, 2.24) is 24.3 Å². The van der Waals surface area contributed by atoms with E-state index >= 15 is 0 Å². The van der Waals surface area contributed by atoms with Crippen LogP contribution in [-0.2, 0) is 19.5 Å². The molecule has 20 heavy (non-hydrogen) atoms. The van der Waals surface area contributed by atoms with Gasteiger partial charge in [-0.2, -0.15) is 0 Å².